The topological polar surface area (TPSA) is 75.3 Å². The molecular formula is C5H12N2O2. The van der Waals surface area contributed by atoms with Crippen LogP contribution in [0, 0.1) is 0 Å². The zero-order valence-electron chi connectivity index (χ0n) is 5.42. The number of rotatable bonds is 4. The maximum Gasteiger partial charge on any atom is 0.304 e. The Hall–Kier alpha value is -0.610. The van der Waals surface area contributed by atoms with Gasteiger partial charge in [0.1, 0.15) is 0 Å². The summed E-state index contributed by atoms with van der Waals surface area (Å²) in [5.74, 6) is -0.803. The Balaban J connectivity index is 3.01. The molecular weight excluding hydrogens is 120 g/mol. The Labute approximate surface area is 54.0 Å². The first-order valence-corrected chi connectivity index (χ1v) is 2.83. The molecule has 0 bridgehead atoms. The summed E-state index contributed by atoms with van der Waals surface area (Å²) in [7, 11) is 0. The van der Waals surface area contributed by atoms with Crippen LogP contribution in [-0.2, 0) is 4.79 Å². The van der Waals surface area contributed by atoms with Crippen LogP contribution in [-0.4, -0.2) is 23.8 Å². The van der Waals surface area contributed by atoms with E-state index in [2.05, 4.69) is 5.32 Å². The van der Waals surface area contributed by atoms with Crippen molar-refractivity contribution in [3.63, 3.8) is 0 Å². The molecule has 4 nitrogen and oxygen atoms in total. The van der Waals surface area contributed by atoms with Gasteiger partial charge < -0.3 is 16.2 Å². The first kappa shape index (κ1) is 8.39. The van der Waals surface area contributed by atoms with E-state index in [9.17, 15) is 4.79 Å². The standard InChI is InChI=1S/C5H12N2O2/c1-4(6)7-3-2-5(8)9/h4,7H,2-3,6H2,1H3,(H,8,9). The predicted molar refractivity (Wildman–Crippen MR) is 33.9 cm³/mol. The number of hydrogen-bond acceptors (Lipinski definition) is 3. The van der Waals surface area contributed by atoms with E-state index in [1.165, 1.54) is 0 Å². The van der Waals surface area contributed by atoms with Crippen molar-refractivity contribution in [2.45, 2.75) is 19.5 Å². The third-order valence-corrected chi connectivity index (χ3v) is 0.805. The van der Waals surface area contributed by atoms with Crippen molar-refractivity contribution < 1.29 is 9.90 Å². The lowest BCUT2D eigenvalue weighted by Gasteiger charge is -2.04. The van der Waals surface area contributed by atoms with Crippen LogP contribution in [0.5, 0.6) is 0 Å². The zero-order chi connectivity index (χ0) is 7.28. The fourth-order valence-electron chi connectivity index (χ4n) is 0.407. The quantitative estimate of drug-likeness (QED) is 0.444. The number of aliphatic carboxylic acids is 1. The minimum Gasteiger partial charge on any atom is -0.481 e. The summed E-state index contributed by atoms with van der Waals surface area (Å²) in [6.07, 6.45) is 0.00556. The smallest absolute Gasteiger partial charge is 0.304 e. The molecule has 0 aliphatic rings. The zero-order valence-corrected chi connectivity index (χ0v) is 5.42. The molecule has 9 heavy (non-hydrogen) atoms. The van der Waals surface area contributed by atoms with Gasteiger partial charge in [-0.2, -0.15) is 0 Å². The van der Waals surface area contributed by atoms with Gasteiger partial charge in [0.15, 0.2) is 0 Å². The Kier molecular flexibility index (Phi) is 4.00. The highest BCUT2D eigenvalue weighted by Gasteiger charge is 1.95. The number of carbonyl (C=O) groups is 1. The van der Waals surface area contributed by atoms with Crippen molar-refractivity contribution in [3.05, 3.63) is 0 Å². The minimum atomic E-state index is -0.803. The molecule has 0 aliphatic heterocycles. The molecule has 0 aromatic rings. The van der Waals surface area contributed by atoms with Crippen LogP contribution in [0.15, 0.2) is 0 Å². The van der Waals surface area contributed by atoms with Crippen LogP contribution >= 0.6 is 0 Å². The van der Waals surface area contributed by atoms with Gasteiger partial charge in [0.25, 0.3) is 0 Å². The second kappa shape index (κ2) is 4.29. The van der Waals surface area contributed by atoms with Crippen molar-refractivity contribution in [2.75, 3.05) is 6.54 Å². The Morgan fingerprint density at radius 2 is 2.44 bits per heavy atom. The van der Waals surface area contributed by atoms with Gasteiger partial charge in [0.05, 0.1) is 12.6 Å². The first-order valence-electron chi connectivity index (χ1n) is 2.83. The molecule has 1 unspecified atom stereocenters. The summed E-state index contributed by atoms with van der Waals surface area (Å²) in [4.78, 5) is 9.90. The summed E-state index contributed by atoms with van der Waals surface area (Å²) < 4.78 is 0. The third-order valence-electron chi connectivity index (χ3n) is 0.805. The molecule has 0 aromatic heterocycles. The molecule has 4 N–H and O–H groups in total. The lowest BCUT2D eigenvalue weighted by Crippen LogP contribution is -2.35. The van der Waals surface area contributed by atoms with Gasteiger partial charge in [-0.1, -0.05) is 0 Å². The highest BCUT2D eigenvalue weighted by atomic mass is 16.4. The van der Waals surface area contributed by atoms with Gasteiger partial charge in [-0.05, 0) is 6.92 Å². The van der Waals surface area contributed by atoms with Crippen LogP contribution in [0.4, 0.5) is 0 Å². The fraction of sp³-hybridized carbons (Fsp3) is 0.800. The van der Waals surface area contributed by atoms with Gasteiger partial charge >= 0.3 is 5.97 Å². The van der Waals surface area contributed by atoms with Crippen LogP contribution in [0.1, 0.15) is 13.3 Å². The molecule has 0 aromatic carbocycles. The average Bonchev–Trinajstić information content (AvgIpc) is 1.63. The molecule has 54 valence electrons. The number of nitrogens with one attached hydrogen (secondary N) is 1. The van der Waals surface area contributed by atoms with E-state index in [0.717, 1.165) is 0 Å². The van der Waals surface area contributed by atoms with Gasteiger partial charge in [0, 0.05) is 6.54 Å². The van der Waals surface area contributed by atoms with Crippen molar-refractivity contribution in [2.24, 2.45) is 5.73 Å². The number of carboxylic acid groups (broad SMARTS) is 1. The van der Waals surface area contributed by atoms with Gasteiger partial charge in [-0.3, -0.25) is 4.79 Å². The van der Waals surface area contributed by atoms with E-state index >= 15 is 0 Å². The molecule has 0 amide bonds. The number of carboxylic acids is 1. The summed E-state index contributed by atoms with van der Waals surface area (Å²) in [6, 6.07) is 0. The predicted octanol–water partition coefficient (Wildman–Crippen LogP) is -0.645. The molecule has 0 aliphatic carbocycles. The minimum absolute atomic E-state index is 0.121. The molecule has 0 rings (SSSR count). The van der Waals surface area contributed by atoms with Gasteiger partial charge in [-0.15, -0.1) is 0 Å². The number of nitrogens with two attached hydrogens (primary N) is 1. The summed E-state index contributed by atoms with van der Waals surface area (Å²) >= 11 is 0. The maximum atomic E-state index is 9.90. The Bertz CT molecular complexity index is 93.0. The van der Waals surface area contributed by atoms with Crippen LogP contribution in [0.3, 0.4) is 0 Å². The molecule has 0 saturated carbocycles. The number of hydrogen-bond donors (Lipinski definition) is 3. The monoisotopic (exact) mass is 132 g/mol. The molecule has 4 heteroatoms. The fourth-order valence-corrected chi connectivity index (χ4v) is 0.407. The largest absolute Gasteiger partial charge is 0.481 e. The molecule has 0 heterocycles. The lowest BCUT2D eigenvalue weighted by molar-refractivity contribution is -0.136. The van der Waals surface area contributed by atoms with Crippen molar-refractivity contribution >= 4 is 5.97 Å². The molecule has 0 radical (unpaired) electrons. The van der Waals surface area contributed by atoms with E-state index < -0.39 is 5.97 Å². The first-order chi connectivity index (χ1) is 4.13. The molecule has 0 spiro atoms. The third kappa shape index (κ3) is 7.39. The summed E-state index contributed by atoms with van der Waals surface area (Å²) in [5.41, 5.74) is 5.27. The maximum absolute atomic E-state index is 9.90. The second-order valence-corrected chi connectivity index (χ2v) is 1.89. The van der Waals surface area contributed by atoms with Gasteiger partial charge in [-0.25, -0.2) is 0 Å². The Morgan fingerprint density at radius 1 is 1.89 bits per heavy atom. The summed E-state index contributed by atoms with van der Waals surface area (Å²) in [6.45, 7) is 2.20. The average molecular weight is 132 g/mol. The lowest BCUT2D eigenvalue weighted by atomic mass is 10.4. The highest BCUT2D eigenvalue weighted by molar-refractivity contribution is 5.66. The van der Waals surface area contributed by atoms with Crippen LogP contribution < -0.4 is 11.1 Å². The Morgan fingerprint density at radius 3 is 2.78 bits per heavy atom. The second-order valence-electron chi connectivity index (χ2n) is 1.89. The normalized spacial score (nSPS) is 13.1. The van der Waals surface area contributed by atoms with E-state index in [4.69, 9.17) is 10.8 Å². The summed E-state index contributed by atoms with van der Waals surface area (Å²) in [5, 5.41) is 10.9. The van der Waals surface area contributed by atoms with Gasteiger partial charge in [0.2, 0.25) is 0 Å². The van der Waals surface area contributed by atoms with E-state index in [1.54, 1.807) is 6.92 Å². The highest BCUT2D eigenvalue weighted by Crippen LogP contribution is 1.75. The van der Waals surface area contributed by atoms with Crippen molar-refractivity contribution in [1.29, 1.82) is 0 Å². The van der Waals surface area contributed by atoms with Crippen LogP contribution in [0.2, 0.25) is 0 Å². The van der Waals surface area contributed by atoms with Crippen molar-refractivity contribution in [1.82, 2.24) is 5.32 Å². The SMILES string of the molecule is CC(N)NCCC(=O)O. The van der Waals surface area contributed by atoms with E-state index in [-0.39, 0.29) is 12.6 Å². The van der Waals surface area contributed by atoms with Crippen LogP contribution in [0.25, 0.3) is 0 Å². The molecule has 1 atom stereocenters. The van der Waals surface area contributed by atoms with E-state index in [1.807, 2.05) is 0 Å². The molecule has 0 saturated heterocycles. The molecule has 0 fully saturated rings. The van der Waals surface area contributed by atoms with E-state index in [0.29, 0.717) is 6.54 Å². The van der Waals surface area contributed by atoms with Crippen molar-refractivity contribution in [3.8, 4) is 0 Å².